The minimum Gasteiger partial charge on any atom is -0.464 e. The number of fused-ring (bicyclic) bond motifs is 6. The summed E-state index contributed by atoms with van der Waals surface area (Å²) in [6, 6.07) is 7.96. The van der Waals surface area contributed by atoms with Crippen molar-refractivity contribution in [2.45, 2.75) is 104 Å². The Bertz CT molecular complexity index is 2420. The number of urea groups is 1. The van der Waals surface area contributed by atoms with Crippen molar-refractivity contribution >= 4 is 46.1 Å². The van der Waals surface area contributed by atoms with Crippen molar-refractivity contribution in [2.75, 3.05) is 73.6 Å². The lowest BCUT2D eigenvalue weighted by Crippen LogP contribution is -2.67. The van der Waals surface area contributed by atoms with Gasteiger partial charge in [-0.25, -0.2) is 15.2 Å². The molecule has 7 heterocycles. The molecule has 356 valence electrons. The summed E-state index contributed by atoms with van der Waals surface area (Å²) in [5.41, 5.74) is 9.43. The second kappa shape index (κ2) is 19.7. The molecule has 6 bridgehead atoms. The molecule has 0 aliphatic carbocycles. The summed E-state index contributed by atoms with van der Waals surface area (Å²) in [5.74, 6) is -1.49. The van der Waals surface area contributed by atoms with Crippen LogP contribution in [0.4, 0.5) is 4.79 Å². The third-order valence-corrected chi connectivity index (χ3v) is 14.8. The van der Waals surface area contributed by atoms with Gasteiger partial charge in [0.05, 0.1) is 34.8 Å². The molecule has 0 saturated carbocycles. The van der Waals surface area contributed by atoms with E-state index >= 15 is 0 Å². The van der Waals surface area contributed by atoms with Crippen molar-refractivity contribution in [3.05, 3.63) is 58.2 Å². The maximum Gasteiger partial charge on any atom is 0.324 e. The number of likely N-dealkylation sites (tertiary alicyclic amines) is 1. The molecule has 16 nitrogen and oxygen atoms in total. The third-order valence-electron chi connectivity index (χ3n) is 14.0. The van der Waals surface area contributed by atoms with E-state index in [1.54, 1.807) is 25.3 Å². The molecule has 0 radical (unpaired) electrons. The first-order valence-corrected chi connectivity index (χ1v) is 24.5. The Balaban J connectivity index is 1.12. The highest BCUT2D eigenvalue weighted by Crippen LogP contribution is 2.42. The second-order valence-electron chi connectivity index (χ2n) is 19.8. The van der Waals surface area contributed by atoms with Gasteiger partial charge in [0.25, 0.3) is 5.91 Å². The Morgan fingerprint density at radius 3 is 2.56 bits per heavy atom. The number of esters is 1. The number of nitrogens with zero attached hydrogens (tertiary/aromatic N) is 8. The average molecular weight is 925 g/mol. The second-order valence-corrected chi connectivity index (χ2v) is 20.7. The number of aromatic nitrogens is 3. The highest BCUT2D eigenvalue weighted by Gasteiger charge is 2.42. The van der Waals surface area contributed by atoms with E-state index in [-0.39, 0.29) is 37.0 Å². The van der Waals surface area contributed by atoms with E-state index in [4.69, 9.17) is 19.4 Å². The monoisotopic (exact) mass is 925 g/mol. The first kappa shape index (κ1) is 47.5. The van der Waals surface area contributed by atoms with Crippen LogP contribution in [0.1, 0.15) is 76.8 Å². The maximum atomic E-state index is 14.6. The number of methoxy groups -OCH3 is 1. The van der Waals surface area contributed by atoms with Crippen molar-refractivity contribution in [1.29, 1.82) is 0 Å². The summed E-state index contributed by atoms with van der Waals surface area (Å²) in [5, 5.41) is 8.26. The molecule has 1 unspecified atom stereocenters. The van der Waals surface area contributed by atoms with Gasteiger partial charge in [-0.2, -0.15) is 0 Å². The van der Waals surface area contributed by atoms with Gasteiger partial charge in [-0.3, -0.25) is 29.3 Å². The lowest BCUT2D eigenvalue weighted by molar-refractivity contribution is -0.155. The summed E-state index contributed by atoms with van der Waals surface area (Å²) < 4.78 is 14.3. The predicted octanol–water partition coefficient (Wildman–Crippen LogP) is 5.21. The lowest BCUT2D eigenvalue weighted by Gasteiger charge is -2.49. The Morgan fingerprint density at radius 2 is 1.85 bits per heavy atom. The summed E-state index contributed by atoms with van der Waals surface area (Å²) in [6.07, 6.45) is 3.31. The molecule has 3 saturated heterocycles. The molecule has 8 rings (SSSR count). The minimum atomic E-state index is -1.04. The van der Waals surface area contributed by atoms with Gasteiger partial charge in [0.15, 0.2) is 0 Å². The highest BCUT2D eigenvalue weighted by atomic mass is 32.1. The van der Waals surface area contributed by atoms with E-state index in [1.165, 1.54) is 21.2 Å². The van der Waals surface area contributed by atoms with Crippen LogP contribution in [0.5, 0.6) is 0 Å². The summed E-state index contributed by atoms with van der Waals surface area (Å²) in [6.45, 7) is 18.6. The number of aryl methyl sites for hydroxylation is 1. The lowest BCUT2D eigenvalue weighted by atomic mass is 9.84. The Morgan fingerprint density at radius 1 is 1.09 bits per heavy atom. The van der Waals surface area contributed by atoms with E-state index in [0.29, 0.717) is 56.5 Å². The zero-order chi connectivity index (χ0) is 47.0. The van der Waals surface area contributed by atoms with Gasteiger partial charge < -0.3 is 34.1 Å². The van der Waals surface area contributed by atoms with Gasteiger partial charge >= 0.3 is 12.0 Å². The van der Waals surface area contributed by atoms with E-state index < -0.39 is 35.4 Å². The van der Waals surface area contributed by atoms with Gasteiger partial charge in [-0.05, 0) is 75.9 Å². The number of hydrazine groups is 1. The maximum absolute atomic E-state index is 14.6. The molecule has 0 spiro atoms. The van der Waals surface area contributed by atoms with Crippen LogP contribution >= 0.6 is 11.3 Å². The van der Waals surface area contributed by atoms with E-state index in [2.05, 4.69) is 77.2 Å². The molecular formula is C49H68N10O6S. The number of hydrogen-bond donors (Lipinski definition) is 2. The summed E-state index contributed by atoms with van der Waals surface area (Å²) >= 11 is 1.44. The third kappa shape index (κ3) is 9.73. The number of nitrogens with one attached hydrogen (secondary N) is 2. The fourth-order valence-electron chi connectivity index (χ4n) is 10.1. The van der Waals surface area contributed by atoms with Crippen LogP contribution < -0.4 is 10.7 Å². The smallest absolute Gasteiger partial charge is 0.324 e. The molecule has 4 aliphatic heterocycles. The number of pyridine rings is 1. The number of benzene rings is 1. The molecule has 2 N–H and O–H groups in total. The number of rotatable bonds is 9. The molecule has 4 amide bonds. The number of cyclic esters (lactones) is 1. The van der Waals surface area contributed by atoms with Crippen LogP contribution in [0.2, 0.25) is 0 Å². The van der Waals surface area contributed by atoms with Gasteiger partial charge in [0.1, 0.15) is 18.1 Å². The van der Waals surface area contributed by atoms with Gasteiger partial charge in [0, 0.05) is 118 Å². The first-order valence-electron chi connectivity index (χ1n) is 23.6. The number of ether oxygens (including phenoxy) is 2. The number of piperazine rings is 1. The minimum absolute atomic E-state index is 0.114. The number of carbonyl (C=O) groups excluding carboxylic acids is 4. The largest absolute Gasteiger partial charge is 0.464 e. The molecule has 3 fully saturated rings. The fourth-order valence-corrected chi connectivity index (χ4v) is 11.0. The van der Waals surface area contributed by atoms with Crippen LogP contribution in [0.3, 0.4) is 0 Å². The molecule has 4 aromatic rings. The number of thiazole rings is 1. The number of carbonyl (C=O) groups is 4. The average Bonchev–Trinajstić information content (AvgIpc) is 3.88. The standard InChI is InChI=1S/C49H68N10O6S/c1-10-58-40-16-15-32-23-35(40)36(44(58)34-13-11-17-50-42(34)31(4)64-9)25-49(5,6)29-65-47(62)37-14-12-18-59(53-37)46(61)38(24-41-51-39(32)28-66-41)52-45(60)43(30(2)3)55(8)48(63)57-26-33(27-57)56-21-19-54(7)20-22-56/h11,13,15-17,23,28,30-31,33,37-38,43,53H,10,12,14,18-22,24-27,29H2,1-9H3,(H,52,60)/t31-,37-,38-,43?/m0/s1. The Hall–Kier alpha value is -4.94. The molecule has 66 heavy (non-hydrogen) atoms. The van der Waals surface area contributed by atoms with Crippen LogP contribution in [-0.2, 0) is 43.2 Å². The van der Waals surface area contributed by atoms with Crippen LogP contribution in [0.15, 0.2) is 41.9 Å². The van der Waals surface area contributed by atoms with Crippen molar-refractivity contribution < 1.29 is 28.7 Å². The van der Waals surface area contributed by atoms with E-state index in [0.717, 1.165) is 70.9 Å². The summed E-state index contributed by atoms with van der Waals surface area (Å²) in [7, 11) is 5.50. The van der Waals surface area contributed by atoms with Crippen LogP contribution in [-0.4, -0.2) is 161 Å². The quantitative estimate of drug-likeness (QED) is 0.213. The number of amides is 4. The Kier molecular flexibility index (Phi) is 14.2. The van der Waals surface area contributed by atoms with Gasteiger partial charge in [-0.1, -0.05) is 33.8 Å². The van der Waals surface area contributed by atoms with E-state index in [9.17, 15) is 19.2 Å². The summed E-state index contributed by atoms with van der Waals surface area (Å²) in [4.78, 5) is 75.0. The van der Waals surface area contributed by atoms with Crippen molar-refractivity contribution in [2.24, 2.45) is 11.3 Å². The fraction of sp³-hybridized carbons (Fsp3) is 0.592. The zero-order valence-electron chi connectivity index (χ0n) is 40.1. The predicted molar refractivity (Wildman–Crippen MR) is 256 cm³/mol. The van der Waals surface area contributed by atoms with Gasteiger partial charge in [0.2, 0.25) is 5.91 Å². The number of likely N-dealkylation sites (N-methyl/N-ethyl adjacent to an activating group) is 2. The molecule has 4 aliphatic rings. The first-order chi connectivity index (χ1) is 31.6. The molecule has 4 atom stereocenters. The Labute approximate surface area is 392 Å². The van der Waals surface area contributed by atoms with Crippen molar-refractivity contribution in [3.8, 4) is 22.5 Å². The SMILES string of the molecule is CCn1c(-c2cccnc2[C@H](C)OC)c2c3cc(ccc31)-c1csc(n1)C[C@H](NC(=O)C(C(C)C)N(C)C(=O)N1CC(N3CCN(C)CC3)C1)C(=O)N1CCC[C@H](N1)C(=O)OCC(C)(C)C2. The van der Waals surface area contributed by atoms with Gasteiger partial charge in [-0.15, -0.1) is 11.3 Å². The van der Waals surface area contributed by atoms with Crippen LogP contribution in [0.25, 0.3) is 33.4 Å². The normalized spacial score (nSPS) is 22.2. The molecule has 3 aromatic heterocycles. The van der Waals surface area contributed by atoms with Crippen molar-refractivity contribution in [3.63, 3.8) is 0 Å². The highest BCUT2D eigenvalue weighted by molar-refractivity contribution is 7.10. The number of hydrogen-bond acceptors (Lipinski definition) is 12. The molecular weight excluding hydrogens is 857 g/mol. The van der Waals surface area contributed by atoms with Crippen LogP contribution in [0, 0.1) is 11.3 Å². The van der Waals surface area contributed by atoms with Crippen molar-refractivity contribution in [1.82, 2.24) is 49.9 Å². The molecule has 17 heteroatoms. The topological polar surface area (TPSA) is 158 Å². The van der Waals surface area contributed by atoms with E-state index in [1.807, 2.05) is 32.2 Å². The zero-order valence-corrected chi connectivity index (χ0v) is 40.9. The molecule has 1 aromatic carbocycles.